The summed E-state index contributed by atoms with van der Waals surface area (Å²) in [4.78, 5) is 0.215. The molecule has 0 aliphatic carbocycles. The number of rotatable bonds is 5. The highest BCUT2D eigenvalue weighted by Gasteiger charge is 2.37. The summed E-state index contributed by atoms with van der Waals surface area (Å²) in [7, 11) is -2.23. The van der Waals surface area contributed by atoms with Gasteiger partial charge in [0.25, 0.3) is 10.0 Å². The maximum Gasteiger partial charge on any atom is 0.279 e. The molecule has 1 aliphatic rings. The van der Waals surface area contributed by atoms with E-state index in [1.54, 1.807) is 43.5 Å². The van der Waals surface area contributed by atoms with Crippen molar-refractivity contribution in [3.63, 3.8) is 0 Å². The third-order valence-electron chi connectivity index (χ3n) is 5.12. The van der Waals surface area contributed by atoms with Crippen LogP contribution < -0.4 is 4.74 Å². The fourth-order valence-electron chi connectivity index (χ4n) is 3.42. The third kappa shape index (κ3) is 3.93. The first-order chi connectivity index (χ1) is 14.4. The van der Waals surface area contributed by atoms with E-state index < -0.39 is 16.1 Å². The molecule has 30 heavy (non-hydrogen) atoms. The van der Waals surface area contributed by atoms with E-state index in [0.717, 1.165) is 16.7 Å². The summed E-state index contributed by atoms with van der Waals surface area (Å²) in [5.74, 6) is 0.712. The number of ether oxygens (including phenoxy) is 1. The quantitative estimate of drug-likeness (QED) is 0.548. The molecule has 0 aromatic heterocycles. The zero-order valence-electron chi connectivity index (χ0n) is 16.6. The van der Waals surface area contributed by atoms with Crippen LogP contribution in [-0.4, -0.2) is 25.7 Å². The summed E-state index contributed by atoms with van der Waals surface area (Å²) >= 11 is 6.01. The first kappa shape index (κ1) is 20.4. The summed E-state index contributed by atoms with van der Waals surface area (Å²) in [5.41, 5.74) is 3.38. The van der Waals surface area contributed by atoms with Gasteiger partial charge in [-0.05, 0) is 54.4 Å². The summed E-state index contributed by atoms with van der Waals surface area (Å²) in [6.07, 6.45) is 0.457. The number of aryl methyl sites for hydroxylation is 1. The zero-order chi connectivity index (χ0) is 21.3. The number of benzene rings is 3. The molecule has 0 amide bonds. The van der Waals surface area contributed by atoms with Gasteiger partial charge in [-0.1, -0.05) is 53.6 Å². The molecule has 154 valence electrons. The van der Waals surface area contributed by atoms with Crippen LogP contribution in [0, 0.1) is 6.92 Å². The van der Waals surface area contributed by atoms with E-state index >= 15 is 0 Å². The largest absolute Gasteiger partial charge is 0.497 e. The van der Waals surface area contributed by atoms with Crippen LogP contribution >= 0.6 is 11.6 Å². The SMILES string of the molecule is COc1ccc([C@H]2CC(c3ccc(Cl)cc3)=NN2S(=O)(=O)c2ccc(C)cc2)cc1. The Morgan fingerprint density at radius 3 is 2.20 bits per heavy atom. The van der Waals surface area contributed by atoms with Crippen molar-refractivity contribution in [3.8, 4) is 5.75 Å². The lowest BCUT2D eigenvalue weighted by molar-refractivity contribution is 0.370. The molecule has 0 unspecified atom stereocenters. The van der Waals surface area contributed by atoms with Gasteiger partial charge in [-0.15, -0.1) is 0 Å². The maximum absolute atomic E-state index is 13.5. The number of hydrogen-bond acceptors (Lipinski definition) is 4. The smallest absolute Gasteiger partial charge is 0.279 e. The van der Waals surface area contributed by atoms with Crippen LogP contribution in [0.3, 0.4) is 0 Å². The molecule has 3 aromatic carbocycles. The number of hydrogen-bond donors (Lipinski definition) is 0. The number of methoxy groups -OCH3 is 1. The molecular formula is C23H21ClN2O3S. The van der Waals surface area contributed by atoms with Crippen molar-refractivity contribution in [3.05, 3.63) is 94.5 Å². The fourth-order valence-corrected chi connectivity index (χ4v) is 4.98. The minimum Gasteiger partial charge on any atom is -0.497 e. The van der Waals surface area contributed by atoms with Gasteiger partial charge in [0.2, 0.25) is 0 Å². The maximum atomic E-state index is 13.5. The molecule has 4 rings (SSSR count). The minimum atomic E-state index is -3.83. The zero-order valence-corrected chi connectivity index (χ0v) is 18.2. The second kappa shape index (κ2) is 8.13. The van der Waals surface area contributed by atoms with Crippen molar-refractivity contribution in [2.24, 2.45) is 5.10 Å². The molecule has 0 saturated heterocycles. The molecule has 0 N–H and O–H groups in total. The number of nitrogens with zero attached hydrogens (tertiary/aromatic N) is 2. The first-order valence-electron chi connectivity index (χ1n) is 9.47. The third-order valence-corrected chi connectivity index (χ3v) is 7.06. The lowest BCUT2D eigenvalue weighted by Gasteiger charge is -2.23. The van der Waals surface area contributed by atoms with Gasteiger partial charge in [-0.3, -0.25) is 0 Å². The number of hydrazone groups is 1. The van der Waals surface area contributed by atoms with Gasteiger partial charge in [-0.25, -0.2) is 0 Å². The first-order valence-corrected chi connectivity index (χ1v) is 11.3. The van der Waals surface area contributed by atoms with Crippen LogP contribution in [0.4, 0.5) is 0 Å². The average Bonchev–Trinajstić information content (AvgIpc) is 3.21. The van der Waals surface area contributed by atoms with Gasteiger partial charge in [0.1, 0.15) is 5.75 Å². The Morgan fingerprint density at radius 2 is 1.60 bits per heavy atom. The number of halogens is 1. The van der Waals surface area contributed by atoms with Crippen LogP contribution in [-0.2, 0) is 10.0 Å². The van der Waals surface area contributed by atoms with E-state index in [-0.39, 0.29) is 4.90 Å². The molecule has 0 radical (unpaired) electrons. The normalized spacial score (nSPS) is 16.4. The van der Waals surface area contributed by atoms with Gasteiger partial charge in [0.15, 0.2) is 0 Å². The van der Waals surface area contributed by atoms with Crippen molar-refractivity contribution in [1.82, 2.24) is 4.41 Å². The van der Waals surface area contributed by atoms with Gasteiger partial charge in [-0.2, -0.15) is 17.9 Å². The predicted molar refractivity (Wildman–Crippen MR) is 119 cm³/mol. The average molecular weight is 441 g/mol. The Labute approximate surface area is 181 Å². The molecule has 3 aromatic rings. The molecule has 1 aliphatic heterocycles. The Hall–Kier alpha value is -2.83. The van der Waals surface area contributed by atoms with Crippen LogP contribution in [0.2, 0.25) is 5.02 Å². The van der Waals surface area contributed by atoms with Crippen LogP contribution in [0.25, 0.3) is 0 Å². The summed E-state index contributed by atoms with van der Waals surface area (Å²) in [6.45, 7) is 1.92. The molecule has 0 spiro atoms. The van der Waals surface area contributed by atoms with E-state index in [2.05, 4.69) is 5.10 Å². The van der Waals surface area contributed by atoms with Crippen molar-refractivity contribution in [2.45, 2.75) is 24.3 Å². The summed E-state index contributed by atoms with van der Waals surface area (Å²) in [5, 5.41) is 5.17. The highest BCUT2D eigenvalue weighted by Crippen LogP contribution is 2.37. The number of sulfonamides is 1. The van der Waals surface area contributed by atoms with Crippen LogP contribution in [0.1, 0.15) is 29.2 Å². The van der Waals surface area contributed by atoms with E-state index in [1.807, 2.05) is 43.3 Å². The second-order valence-electron chi connectivity index (χ2n) is 7.14. The molecule has 0 bridgehead atoms. The molecule has 0 fully saturated rings. The molecule has 5 nitrogen and oxygen atoms in total. The van der Waals surface area contributed by atoms with Crippen LogP contribution in [0.15, 0.2) is 82.8 Å². The topological polar surface area (TPSA) is 59.0 Å². The molecule has 1 atom stereocenters. The summed E-state index contributed by atoms with van der Waals surface area (Å²) < 4.78 is 33.4. The van der Waals surface area contributed by atoms with Crippen molar-refractivity contribution in [2.75, 3.05) is 7.11 Å². The van der Waals surface area contributed by atoms with Gasteiger partial charge in [0, 0.05) is 11.4 Å². The van der Waals surface area contributed by atoms with E-state index in [4.69, 9.17) is 16.3 Å². The highest BCUT2D eigenvalue weighted by molar-refractivity contribution is 7.89. The van der Waals surface area contributed by atoms with Crippen molar-refractivity contribution in [1.29, 1.82) is 0 Å². The van der Waals surface area contributed by atoms with E-state index in [1.165, 1.54) is 4.41 Å². The minimum absolute atomic E-state index is 0.215. The summed E-state index contributed by atoms with van der Waals surface area (Å²) in [6, 6.07) is 21.0. The molecule has 1 heterocycles. The molecule has 0 saturated carbocycles. The lowest BCUT2D eigenvalue weighted by atomic mass is 9.99. The van der Waals surface area contributed by atoms with Crippen molar-refractivity contribution >= 4 is 27.3 Å². The Bertz CT molecular complexity index is 1170. The van der Waals surface area contributed by atoms with Crippen LogP contribution in [0.5, 0.6) is 5.75 Å². The van der Waals surface area contributed by atoms with Gasteiger partial charge in [0.05, 0.1) is 23.8 Å². The molecular weight excluding hydrogens is 420 g/mol. The van der Waals surface area contributed by atoms with E-state index in [0.29, 0.717) is 22.9 Å². The van der Waals surface area contributed by atoms with E-state index in [9.17, 15) is 8.42 Å². The Morgan fingerprint density at radius 1 is 0.967 bits per heavy atom. The van der Waals surface area contributed by atoms with Gasteiger partial charge < -0.3 is 4.74 Å². The molecule has 7 heteroatoms. The Kier molecular flexibility index (Phi) is 5.54. The van der Waals surface area contributed by atoms with Crippen molar-refractivity contribution < 1.29 is 13.2 Å². The fraction of sp³-hybridized carbons (Fsp3) is 0.174. The van der Waals surface area contributed by atoms with Gasteiger partial charge >= 0.3 is 0 Å². The monoisotopic (exact) mass is 440 g/mol. The second-order valence-corrected chi connectivity index (χ2v) is 9.37. The predicted octanol–water partition coefficient (Wildman–Crippen LogP) is 5.20. The highest BCUT2D eigenvalue weighted by atomic mass is 35.5. The lowest BCUT2D eigenvalue weighted by Crippen LogP contribution is -2.27. The standard InChI is InChI=1S/C23H21ClN2O3S/c1-16-3-13-21(14-4-16)30(27,28)26-23(18-7-11-20(29-2)12-8-18)15-22(25-26)17-5-9-19(24)10-6-17/h3-14,23H,15H2,1-2H3/t23-/m1/s1. The Balaban J connectivity index is 1.78.